The molecule has 2 N–H and O–H groups in total. The van der Waals surface area contributed by atoms with Gasteiger partial charge in [0.25, 0.3) is 0 Å². The van der Waals surface area contributed by atoms with Crippen molar-refractivity contribution in [3.05, 3.63) is 85.5 Å². The predicted molar refractivity (Wildman–Crippen MR) is 215 cm³/mol. The molecule has 1 aliphatic rings. The molecule has 53 heavy (non-hydrogen) atoms. The molecule has 10 heteroatoms. The third-order valence-electron chi connectivity index (χ3n) is 9.28. The Hall–Kier alpha value is -4.05. The lowest BCUT2D eigenvalue weighted by atomic mass is 9.98. The van der Waals surface area contributed by atoms with Crippen LogP contribution < -0.4 is 10.6 Å². The van der Waals surface area contributed by atoms with E-state index >= 15 is 0 Å². The number of thioether (sulfide) groups is 1. The number of carbonyl (C=O) groups is 4. The van der Waals surface area contributed by atoms with Gasteiger partial charge in [-0.2, -0.15) is 0 Å². The van der Waals surface area contributed by atoms with Gasteiger partial charge < -0.3 is 25.0 Å². The quantitative estimate of drug-likeness (QED) is 0.0507. The number of nitrogens with one attached hydrogen (secondary N) is 2. The molecular formula is C43H61N3O6S. The number of hydrogen-bond donors (Lipinski definition) is 2. The number of benzene rings is 2. The van der Waals surface area contributed by atoms with Crippen LogP contribution in [-0.2, 0) is 30.3 Å². The van der Waals surface area contributed by atoms with Crippen molar-refractivity contribution < 1.29 is 28.7 Å². The molecule has 2 aromatic rings. The van der Waals surface area contributed by atoms with Gasteiger partial charge in [-0.05, 0) is 95.1 Å². The van der Waals surface area contributed by atoms with Crippen molar-refractivity contribution in [2.75, 3.05) is 18.2 Å². The Morgan fingerprint density at radius 2 is 1.66 bits per heavy atom. The van der Waals surface area contributed by atoms with Gasteiger partial charge in [0, 0.05) is 5.92 Å². The highest BCUT2D eigenvalue weighted by Crippen LogP contribution is 2.45. The van der Waals surface area contributed by atoms with E-state index in [0.717, 1.165) is 54.5 Å². The topological polar surface area (TPSA) is 114 Å². The first-order valence-corrected chi connectivity index (χ1v) is 20.3. The zero-order chi connectivity index (χ0) is 38.9. The fourth-order valence-electron chi connectivity index (χ4n) is 6.23. The predicted octanol–water partition coefficient (Wildman–Crippen LogP) is 8.63. The maximum Gasteiger partial charge on any atom is 0.408 e. The standard InChI is InChI=1S/C43H61N3O6S/c1-8-12-14-15-19-22-36(44-41(50)52-42(5,6)7)39(48)46(31-53-29-13-9-2)37(38(47)45-43(30-35(43)10-3)40(49)51-11-4)28-25-32-23-26-34(27-24-32)33-20-17-16-18-21-33/h8,10,16-18,20-21,23-24,26-27,35-37H,1,3,9,11-15,19,22,25,28-31H2,2,4-7H3,(H,44,50)(H,45,47)/t35-,36+,37+,43-/m1/s1. The average Bonchev–Trinajstić information content (AvgIpc) is 3.85. The SMILES string of the molecule is C=CCCCCC[C@H](NC(=O)OC(C)(C)C)C(=O)N(CSCCCC)[C@@H](CCc1ccc(-c2ccccc2)cc1)C(=O)N[C@]1(C(=O)OCC)C[C@H]1C=C. The van der Waals surface area contributed by atoms with Gasteiger partial charge in [0.1, 0.15) is 23.2 Å². The lowest BCUT2D eigenvalue weighted by Gasteiger charge is -2.35. The van der Waals surface area contributed by atoms with Crippen molar-refractivity contribution in [2.24, 2.45) is 5.92 Å². The van der Waals surface area contributed by atoms with E-state index in [1.807, 2.05) is 36.4 Å². The summed E-state index contributed by atoms with van der Waals surface area (Å²) >= 11 is 1.58. The molecule has 3 rings (SSSR count). The van der Waals surface area contributed by atoms with E-state index in [9.17, 15) is 19.2 Å². The molecule has 2 aromatic carbocycles. The van der Waals surface area contributed by atoms with Gasteiger partial charge in [-0.25, -0.2) is 9.59 Å². The van der Waals surface area contributed by atoms with Crippen LogP contribution in [0.3, 0.4) is 0 Å². The first-order valence-electron chi connectivity index (χ1n) is 19.1. The molecular weight excluding hydrogens is 687 g/mol. The third-order valence-corrected chi connectivity index (χ3v) is 10.3. The average molecular weight is 748 g/mol. The Morgan fingerprint density at radius 1 is 0.962 bits per heavy atom. The third kappa shape index (κ3) is 13.7. The van der Waals surface area contributed by atoms with E-state index in [4.69, 9.17) is 9.47 Å². The second-order valence-electron chi connectivity index (χ2n) is 14.7. The first-order chi connectivity index (χ1) is 25.4. The van der Waals surface area contributed by atoms with E-state index in [0.29, 0.717) is 32.1 Å². The Balaban J connectivity index is 1.99. The number of aryl methyl sites for hydroxylation is 1. The Labute approximate surface area is 321 Å². The highest BCUT2D eigenvalue weighted by molar-refractivity contribution is 7.99. The van der Waals surface area contributed by atoms with Crippen LogP contribution in [0.4, 0.5) is 4.79 Å². The van der Waals surface area contributed by atoms with Crippen molar-refractivity contribution in [2.45, 2.75) is 122 Å². The van der Waals surface area contributed by atoms with Crippen molar-refractivity contribution >= 4 is 35.6 Å². The summed E-state index contributed by atoms with van der Waals surface area (Å²) in [7, 11) is 0. The molecule has 0 unspecified atom stereocenters. The number of alkyl carbamates (subject to hydrolysis) is 1. The van der Waals surface area contributed by atoms with Gasteiger partial charge in [0.15, 0.2) is 0 Å². The maximum absolute atomic E-state index is 14.8. The van der Waals surface area contributed by atoms with E-state index in [1.54, 1.807) is 50.4 Å². The van der Waals surface area contributed by atoms with Crippen LogP contribution in [0.5, 0.6) is 0 Å². The van der Waals surface area contributed by atoms with E-state index in [2.05, 4.69) is 55.0 Å². The Kier molecular flexibility index (Phi) is 17.7. The van der Waals surface area contributed by atoms with E-state index < -0.39 is 41.2 Å². The molecule has 1 saturated carbocycles. The van der Waals surface area contributed by atoms with Crippen LogP contribution in [0, 0.1) is 5.92 Å². The monoisotopic (exact) mass is 747 g/mol. The van der Waals surface area contributed by atoms with Crippen LogP contribution in [0.2, 0.25) is 0 Å². The number of unbranched alkanes of at least 4 members (excludes halogenated alkanes) is 4. The molecule has 0 bridgehead atoms. The molecule has 1 fully saturated rings. The van der Waals surface area contributed by atoms with Crippen LogP contribution in [0.25, 0.3) is 11.1 Å². The largest absolute Gasteiger partial charge is 0.464 e. The highest BCUT2D eigenvalue weighted by atomic mass is 32.2. The van der Waals surface area contributed by atoms with Gasteiger partial charge in [-0.3, -0.25) is 9.59 Å². The van der Waals surface area contributed by atoms with Gasteiger partial charge in [0.05, 0.1) is 12.5 Å². The molecule has 3 amide bonds. The lowest BCUT2D eigenvalue weighted by Crippen LogP contribution is -2.58. The molecule has 1 aliphatic carbocycles. The number of rotatable bonds is 23. The summed E-state index contributed by atoms with van der Waals surface area (Å²) in [4.78, 5) is 57.3. The molecule has 4 atom stereocenters. The minimum absolute atomic E-state index is 0.173. The summed E-state index contributed by atoms with van der Waals surface area (Å²) in [6.45, 7) is 17.0. The lowest BCUT2D eigenvalue weighted by molar-refractivity contribution is -0.150. The van der Waals surface area contributed by atoms with Crippen molar-refractivity contribution in [1.82, 2.24) is 15.5 Å². The zero-order valence-corrected chi connectivity index (χ0v) is 33.3. The second-order valence-corrected chi connectivity index (χ2v) is 15.7. The Morgan fingerprint density at radius 3 is 2.26 bits per heavy atom. The fourth-order valence-corrected chi connectivity index (χ4v) is 7.35. The molecule has 290 valence electrons. The minimum atomic E-state index is -1.23. The molecule has 0 spiro atoms. The number of ether oxygens (including phenoxy) is 2. The molecule has 0 aromatic heterocycles. The summed E-state index contributed by atoms with van der Waals surface area (Å²) < 4.78 is 11.0. The van der Waals surface area contributed by atoms with Crippen molar-refractivity contribution in [3.63, 3.8) is 0 Å². The number of carbonyl (C=O) groups excluding carboxylic acids is 4. The van der Waals surface area contributed by atoms with Crippen LogP contribution >= 0.6 is 11.8 Å². The highest BCUT2D eigenvalue weighted by Gasteiger charge is 2.61. The molecule has 9 nitrogen and oxygen atoms in total. The van der Waals surface area contributed by atoms with Crippen molar-refractivity contribution in [3.8, 4) is 11.1 Å². The van der Waals surface area contributed by atoms with Gasteiger partial charge >= 0.3 is 12.1 Å². The van der Waals surface area contributed by atoms with Crippen LogP contribution in [0.15, 0.2) is 79.9 Å². The number of hydrogen-bond acceptors (Lipinski definition) is 7. The molecule has 0 aliphatic heterocycles. The first kappa shape index (κ1) is 43.4. The normalized spacial score (nSPS) is 17.5. The van der Waals surface area contributed by atoms with Crippen LogP contribution in [0.1, 0.15) is 98.0 Å². The molecule has 0 radical (unpaired) electrons. The number of amides is 3. The maximum atomic E-state index is 14.8. The van der Waals surface area contributed by atoms with E-state index in [-0.39, 0.29) is 24.3 Å². The minimum Gasteiger partial charge on any atom is -0.464 e. The van der Waals surface area contributed by atoms with Gasteiger partial charge in [0.2, 0.25) is 11.8 Å². The second kappa shape index (κ2) is 21.6. The summed E-state index contributed by atoms with van der Waals surface area (Å²) in [6, 6.07) is 16.5. The van der Waals surface area contributed by atoms with Gasteiger partial charge in [-0.1, -0.05) is 92.9 Å². The van der Waals surface area contributed by atoms with Crippen LogP contribution in [-0.4, -0.2) is 70.2 Å². The zero-order valence-electron chi connectivity index (χ0n) is 32.5. The summed E-state index contributed by atoms with van der Waals surface area (Å²) in [5.41, 5.74) is 1.21. The molecule has 0 heterocycles. The fraction of sp³-hybridized carbons (Fsp3) is 0.535. The number of nitrogens with zero attached hydrogens (tertiary/aromatic N) is 1. The Bertz CT molecular complexity index is 1490. The van der Waals surface area contributed by atoms with E-state index in [1.165, 1.54) is 0 Å². The summed E-state index contributed by atoms with van der Waals surface area (Å²) in [6.07, 6.45) is 9.66. The summed E-state index contributed by atoms with van der Waals surface area (Å²) in [5.74, 6) is -0.541. The van der Waals surface area contributed by atoms with Crippen molar-refractivity contribution in [1.29, 1.82) is 0 Å². The van der Waals surface area contributed by atoms with Gasteiger partial charge in [-0.15, -0.1) is 24.9 Å². The summed E-state index contributed by atoms with van der Waals surface area (Å²) in [5, 5.41) is 5.87. The number of esters is 1. The number of allylic oxidation sites excluding steroid dienone is 1. The molecule has 0 saturated heterocycles. The smallest absolute Gasteiger partial charge is 0.408 e.